The van der Waals surface area contributed by atoms with Gasteiger partial charge in [-0.3, -0.25) is 4.79 Å². The highest BCUT2D eigenvalue weighted by Crippen LogP contribution is 1.99. The molecule has 0 unspecified atom stereocenters. The molecule has 0 saturated heterocycles. The maximum atomic E-state index is 10.9. The molecule has 1 N–H and O–H groups in total. The molecule has 0 aliphatic rings. The third kappa shape index (κ3) is 6.16. The van der Waals surface area contributed by atoms with E-state index in [1.807, 2.05) is 13.8 Å². The number of rotatable bonds is 6. The molecule has 0 aliphatic heterocycles. The van der Waals surface area contributed by atoms with E-state index in [0.29, 0.717) is 6.61 Å². The van der Waals surface area contributed by atoms with Crippen LogP contribution in [0.5, 0.6) is 0 Å². The minimum atomic E-state index is -0.140. The van der Waals surface area contributed by atoms with Gasteiger partial charge in [0.2, 0.25) is 0 Å². The monoisotopic (exact) mass is 174 g/mol. The molecule has 0 heterocycles. The lowest BCUT2D eigenvalue weighted by Gasteiger charge is -2.05. The number of hydrogen-bond donors (Lipinski definition) is 1. The lowest BCUT2D eigenvalue weighted by atomic mass is 10.2. The topological polar surface area (TPSA) is 46.5 Å². The van der Waals surface area contributed by atoms with Gasteiger partial charge in [0.25, 0.3) is 0 Å². The molecular formula is C9H18O3. The molecule has 3 nitrogen and oxygen atoms in total. The summed E-state index contributed by atoms with van der Waals surface area (Å²) in [5.41, 5.74) is 0. The standard InChI is InChI=1S/C9H18O3/c1-8(2)9(11)12-7-5-3-4-6-10/h8,10H,3-7H2,1-2H3. The molecule has 72 valence electrons. The van der Waals surface area contributed by atoms with Crippen molar-refractivity contribution in [2.45, 2.75) is 33.1 Å². The number of carbonyl (C=O) groups excluding carboxylic acids is 1. The molecule has 0 rings (SSSR count). The number of aliphatic hydroxyl groups is 1. The van der Waals surface area contributed by atoms with Crippen LogP contribution in [0.4, 0.5) is 0 Å². The molecule has 0 bridgehead atoms. The van der Waals surface area contributed by atoms with E-state index < -0.39 is 0 Å². The molecule has 0 spiro atoms. The maximum absolute atomic E-state index is 10.9. The van der Waals surface area contributed by atoms with E-state index in [0.717, 1.165) is 19.3 Å². The van der Waals surface area contributed by atoms with Gasteiger partial charge in [-0.05, 0) is 19.3 Å². The highest BCUT2D eigenvalue weighted by atomic mass is 16.5. The fourth-order valence-electron chi connectivity index (χ4n) is 0.730. The first-order chi connectivity index (χ1) is 5.68. The van der Waals surface area contributed by atoms with Crippen molar-refractivity contribution in [1.82, 2.24) is 0 Å². The minimum absolute atomic E-state index is 0.0390. The van der Waals surface area contributed by atoms with Crippen LogP contribution in [0, 0.1) is 5.92 Å². The van der Waals surface area contributed by atoms with Gasteiger partial charge in [0.15, 0.2) is 0 Å². The second-order valence-corrected chi connectivity index (χ2v) is 3.11. The first kappa shape index (κ1) is 11.4. The van der Waals surface area contributed by atoms with Crippen LogP contribution in [0.2, 0.25) is 0 Å². The van der Waals surface area contributed by atoms with E-state index in [1.165, 1.54) is 0 Å². The van der Waals surface area contributed by atoms with E-state index in [9.17, 15) is 4.79 Å². The maximum Gasteiger partial charge on any atom is 0.308 e. The normalized spacial score (nSPS) is 10.3. The summed E-state index contributed by atoms with van der Waals surface area (Å²) >= 11 is 0. The molecule has 0 fully saturated rings. The molecule has 0 aromatic carbocycles. The number of ether oxygens (including phenoxy) is 1. The van der Waals surface area contributed by atoms with Gasteiger partial charge in [0.05, 0.1) is 12.5 Å². The summed E-state index contributed by atoms with van der Waals surface area (Å²) in [6.07, 6.45) is 2.56. The molecule has 0 saturated carbocycles. The van der Waals surface area contributed by atoms with E-state index >= 15 is 0 Å². The summed E-state index contributed by atoms with van der Waals surface area (Å²) in [5, 5.41) is 8.46. The Morgan fingerprint density at radius 1 is 1.33 bits per heavy atom. The van der Waals surface area contributed by atoms with E-state index in [1.54, 1.807) is 0 Å². The molecule has 0 aromatic rings. The number of esters is 1. The Labute approximate surface area is 73.7 Å². The number of aliphatic hydroxyl groups excluding tert-OH is 1. The summed E-state index contributed by atoms with van der Waals surface area (Å²) < 4.78 is 4.93. The van der Waals surface area contributed by atoms with Crippen LogP contribution in [0.3, 0.4) is 0 Å². The lowest BCUT2D eigenvalue weighted by molar-refractivity contribution is -0.147. The molecule has 0 radical (unpaired) electrons. The zero-order valence-electron chi connectivity index (χ0n) is 7.88. The first-order valence-corrected chi connectivity index (χ1v) is 4.46. The molecule has 3 heteroatoms. The van der Waals surface area contributed by atoms with Gasteiger partial charge in [0.1, 0.15) is 0 Å². The van der Waals surface area contributed by atoms with Crippen molar-refractivity contribution in [2.75, 3.05) is 13.2 Å². The fraction of sp³-hybridized carbons (Fsp3) is 0.889. The van der Waals surface area contributed by atoms with Gasteiger partial charge in [-0.1, -0.05) is 13.8 Å². The van der Waals surface area contributed by atoms with Crippen LogP contribution in [0.1, 0.15) is 33.1 Å². The van der Waals surface area contributed by atoms with Gasteiger partial charge >= 0.3 is 5.97 Å². The highest BCUT2D eigenvalue weighted by molar-refractivity contribution is 5.71. The first-order valence-electron chi connectivity index (χ1n) is 4.46. The summed E-state index contributed by atoms with van der Waals surface area (Å²) in [7, 11) is 0. The Hall–Kier alpha value is -0.570. The fourth-order valence-corrected chi connectivity index (χ4v) is 0.730. The molecular weight excluding hydrogens is 156 g/mol. The van der Waals surface area contributed by atoms with Crippen molar-refractivity contribution >= 4 is 5.97 Å². The minimum Gasteiger partial charge on any atom is -0.465 e. The van der Waals surface area contributed by atoms with Crippen LogP contribution in [-0.4, -0.2) is 24.3 Å². The number of carbonyl (C=O) groups is 1. The average Bonchev–Trinajstić information content (AvgIpc) is 2.03. The largest absolute Gasteiger partial charge is 0.465 e. The molecule has 0 aliphatic carbocycles. The van der Waals surface area contributed by atoms with Crippen molar-refractivity contribution in [3.63, 3.8) is 0 Å². The van der Waals surface area contributed by atoms with Crippen molar-refractivity contribution in [1.29, 1.82) is 0 Å². The van der Waals surface area contributed by atoms with Crippen molar-refractivity contribution in [2.24, 2.45) is 5.92 Å². The Balaban J connectivity index is 3.14. The van der Waals surface area contributed by atoms with E-state index in [-0.39, 0.29) is 18.5 Å². The smallest absolute Gasteiger partial charge is 0.308 e. The Morgan fingerprint density at radius 2 is 2.00 bits per heavy atom. The van der Waals surface area contributed by atoms with Crippen molar-refractivity contribution in [3.05, 3.63) is 0 Å². The van der Waals surface area contributed by atoms with Gasteiger partial charge in [-0.25, -0.2) is 0 Å². The zero-order chi connectivity index (χ0) is 9.40. The predicted octanol–water partition coefficient (Wildman–Crippen LogP) is 1.35. The average molecular weight is 174 g/mol. The van der Waals surface area contributed by atoms with E-state index in [2.05, 4.69) is 0 Å². The summed E-state index contributed by atoms with van der Waals surface area (Å²) in [6.45, 7) is 4.33. The summed E-state index contributed by atoms with van der Waals surface area (Å²) in [6, 6.07) is 0. The van der Waals surface area contributed by atoms with E-state index in [4.69, 9.17) is 9.84 Å². The third-order valence-corrected chi connectivity index (χ3v) is 1.52. The molecule has 0 amide bonds. The lowest BCUT2D eigenvalue weighted by Crippen LogP contribution is -2.12. The van der Waals surface area contributed by atoms with Gasteiger partial charge in [0, 0.05) is 6.61 Å². The SMILES string of the molecule is CC(C)C(=O)OCCCCCO. The Kier molecular flexibility index (Phi) is 6.76. The quantitative estimate of drug-likeness (QED) is 0.488. The van der Waals surface area contributed by atoms with Gasteiger partial charge < -0.3 is 9.84 Å². The second kappa shape index (κ2) is 7.10. The zero-order valence-corrected chi connectivity index (χ0v) is 7.88. The number of unbranched alkanes of at least 4 members (excludes halogenated alkanes) is 2. The van der Waals surface area contributed by atoms with Crippen LogP contribution in [-0.2, 0) is 9.53 Å². The van der Waals surface area contributed by atoms with Crippen LogP contribution < -0.4 is 0 Å². The van der Waals surface area contributed by atoms with Gasteiger partial charge in [-0.2, -0.15) is 0 Å². The summed E-state index contributed by atoms with van der Waals surface area (Å²) in [4.78, 5) is 10.9. The van der Waals surface area contributed by atoms with Crippen LogP contribution in [0.25, 0.3) is 0 Å². The van der Waals surface area contributed by atoms with Crippen LogP contribution >= 0.6 is 0 Å². The van der Waals surface area contributed by atoms with Crippen LogP contribution in [0.15, 0.2) is 0 Å². The summed E-state index contributed by atoms with van der Waals surface area (Å²) in [5.74, 6) is -0.179. The molecule has 0 atom stereocenters. The molecule has 0 aromatic heterocycles. The van der Waals surface area contributed by atoms with Gasteiger partial charge in [-0.15, -0.1) is 0 Å². The highest BCUT2D eigenvalue weighted by Gasteiger charge is 2.06. The Bertz CT molecular complexity index is 121. The third-order valence-electron chi connectivity index (χ3n) is 1.52. The Morgan fingerprint density at radius 3 is 2.50 bits per heavy atom. The second-order valence-electron chi connectivity index (χ2n) is 3.11. The van der Waals surface area contributed by atoms with Crippen molar-refractivity contribution < 1.29 is 14.6 Å². The predicted molar refractivity (Wildman–Crippen MR) is 46.7 cm³/mol. The number of hydrogen-bond acceptors (Lipinski definition) is 3. The molecule has 12 heavy (non-hydrogen) atoms. The van der Waals surface area contributed by atoms with Crippen molar-refractivity contribution in [3.8, 4) is 0 Å².